The van der Waals surface area contributed by atoms with Gasteiger partial charge < -0.3 is 11.1 Å². The Balaban J connectivity index is 2.98. The standard InChI is InChI=1S/C4H11N3O3/c5-4(8)6-2-1-3-7(9)10/h9-10H,1-3H2,(H3,5,6,8). The lowest BCUT2D eigenvalue weighted by atomic mass is 10.4. The van der Waals surface area contributed by atoms with Crippen LogP contribution in [0.2, 0.25) is 0 Å². The molecule has 6 heteroatoms. The number of hydroxylamine groups is 2. The highest BCUT2D eigenvalue weighted by Gasteiger charge is 1.94. The Labute approximate surface area is 58.1 Å². The lowest BCUT2D eigenvalue weighted by molar-refractivity contribution is -0.306. The van der Waals surface area contributed by atoms with E-state index in [1.807, 2.05) is 0 Å². The van der Waals surface area contributed by atoms with Gasteiger partial charge in [-0.3, -0.25) is 10.4 Å². The van der Waals surface area contributed by atoms with E-state index in [4.69, 9.17) is 16.1 Å². The largest absolute Gasteiger partial charge is 0.352 e. The van der Waals surface area contributed by atoms with Crippen LogP contribution in [0.3, 0.4) is 0 Å². The zero-order valence-electron chi connectivity index (χ0n) is 5.45. The fourth-order valence-corrected chi connectivity index (χ4v) is 0.432. The number of rotatable bonds is 4. The molecule has 0 aromatic rings. The van der Waals surface area contributed by atoms with Crippen LogP contribution in [-0.2, 0) is 0 Å². The van der Waals surface area contributed by atoms with E-state index in [2.05, 4.69) is 5.32 Å². The van der Waals surface area contributed by atoms with Crippen LogP contribution in [0.15, 0.2) is 0 Å². The van der Waals surface area contributed by atoms with Crippen LogP contribution in [0.5, 0.6) is 0 Å². The van der Waals surface area contributed by atoms with E-state index in [1.165, 1.54) is 0 Å². The summed E-state index contributed by atoms with van der Waals surface area (Å²) in [6, 6.07) is -0.609. The maximum atomic E-state index is 10.0. The number of nitrogens with zero attached hydrogens (tertiary/aromatic N) is 1. The monoisotopic (exact) mass is 149 g/mol. The molecular formula is C4H11N3O3. The Morgan fingerprint density at radius 2 is 2.20 bits per heavy atom. The summed E-state index contributed by atoms with van der Waals surface area (Å²) < 4.78 is 0. The predicted molar refractivity (Wildman–Crippen MR) is 32.5 cm³/mol. The van der Waals surface area contributed by atoms with Crippen molar-refractivity contribution < 1.29 is 15.2 Å². The van der Waals surface area contributed by atoms with Crippen LogP contribution in [0.4, 0.5) is 4.79 Å². The summed E-state index contributed by atoms with van der Waals surface area (Å²) in [7, 11) is 0. The first kappa shape index (κ1) is 9.15. The third-order valence-electron chi connectivity index (χ3n) is 0.834. The number of carbonyl (C=O) groups is 1. The number of nitrogens with one attached hydrogen (secondary N) is 1. The molecule has 0 rings (SSSR count). The molecule has 0 atom stereocenters. The number of primary amides is 1. The number of amides is 2. The molecule has 6 nitrogen and oxygen atoms in total. The van der Waals surface area contributed by atoms with E-state index >= 15 is 0 Å². The molecule has 0 aliphatic heterocycles. The van der Waals surface area contributed by atoms with Crippen LogP contribution in [-0.4, -0.2) is 34.8 Å². The molecule has 0 saturated heterocycles. The van der Waals surface area contributed by atoms with Gasteiger partial charge >= 0.3 is 6.03 Å². The van der Waals surface area contributed by atoms with Crippen molar-refractivity contribution in [2.75, 3.05) is 13.1 Å². The summed E-state index contributed by atoms with van der Waals surface area (Å²) >= 11 is 0. The van der Waals surface area contributed by atoms with Crippen molar-refractivity contribution in [3.8, 4) is 0 Å². The van der Waals surface area contributed by atoms with Gasteiger partial charge in [0.1, 0.15) is 0 Å². The van der Waals surface area contributed by atoms with E-state index in [0.29, 0.717) is 13.0 Å². The van der Waals surface area contributed by atoms with Gasteiger partial charge in [0.15, 0.2) is 0 Å². The minimum atomic E-state index is -0.609. The Kier molecular flexibility index (Phi) is 4.55. The number of carbonyl (C=O) groups excluding carboxylic acids is 1. The molecule has 10 heavy (non-hydrogen) atoms. The molecule has 0 heterocycles. The first-order valence-electron chi connectivity index (χ1n) is 2.81. The molecule has 0 aliphatic rings. The van der Waals surface area contributed by atoms with Gasteiger partial charge in [-0.15, -0.1) is 0 Å². The molecule has 0 spiro atoms. The van der Waals surface area contributed by atoms with E-state index in [1.54, 1.807) is 0 Å². The number of hydrogen-bond acceptors (Lipinski definition) is 4. The molecule has 0 aromatic heterocycles. The van der Waals surface area contributed by atoms with Crippen molar-refractivity contribution in [1.82, 2.24) is 10.5 Å². The quantitative estimate of drug-likeness (QED) is 0.308. The summed E-state index contributed by atoms with van der Waals surface area (Å²) in [5.74, 6) is 0. The maximum absolute atomic E-state index is 10.0. The summed E-state index contributed by atoms with van der Waals surface area (Å²) in [6.45, 7) is 0.424. The van der Waals surface area contributed by atoms with Crippen LogP contribution < -0.4 is 11.1 Å². The average Bonchev–Trinajstić information content (AvgIpc) is 1.79. The topological polar surface area (TPSA) is 98.8 Å². The Bertz CT molecular complexity index is 106. The van der Waals surface area contributed by atoms with Gasteiger partial charge in [0.2, 0.25) is 0 Å². The SMILES string of the molecule is NC(=O)NCCCN(O)O. The third-order valence-corrected chi connectivity index (χ3v) is 0.834. The van der Waals surface area contributed by atoms with E-state index < -0.39 is 6.03 Å². The second-order valence-corrected chi connectivity index (χ2v) is 1.74. The second kappa shape index (κ2) is 4.98. The van der Waals surface area contributed by atoms with Crippen molar-refractivity contribution in [3.63, 3.8) is 0 Å². The van der Waals surface area contributed by atoms with Crippen LogP contribution in [0, 0.1) is 0 Å². The average molecular weight is 149 g/mol. The predicted octanol–water partition coefficient (Wildman–Crippen LogP) is -0.875. The fourth-order valence-electron chi connectivity index (χ4n) is 0.432. The normalized spacial score (nSPS) is 9.90. The van der Waals surface area contributed by atoms with E-state index in [0.717, 1.165) is 0 Å². The highest BCUT2D eigenvalue weighted by atomic mass is 16.8. The third kappa shape index (κ3) is 7.15. The first-order chi connectivity index (χ1) is 4.63. The minimum Gasteiger partial charge on any atom is -0.352 e. The van der Waals surface area contributed by atoms with Crippen LogP contribution in [0.1, 0.15) is 6.42 Å². The van der Waals surface area contributed by atoms with E-state index in [9.17, 15) is 4.79 Å². The number of urea groups is 1. The Morgan fingerprint density at radius 1 is 1.60 bits per heavy atom. The molecule has 0 bridgehead atoms. The Hall–Kier alpha value is -0.850. The van der Waals surface area contributed by atoms with Crippen molar-refractivity contribution in [2.45, 2.75) is 6.42 Å². The molecular weight excluding hydrogens is 138 g/mol. The lowest BCUT2D eigenvalue weighted by Gasteiger charge is -2.04. The van der Waals surface area contributed by atoms with Gasteiger partial charge in [-0.2, -0.15) is 0 Å². The van der Waals surface area contributed by atoms with Gasteiger partial charge in [0.25, 0.3) is 0 Å². The molecule has 0 radical (unpaired) electrons. The van der Waals surface area contributed by atoms with Gasteiger partial charge in [-0.05, 0) is 6.42 Å². The first-order valence-corrected chi connectivity index (χ1v) is 2.81. The van der Waals surface area contributed by atoms with Gasteiger partial charge in [-0.25, -0.2) is 4.79 Å². The summed E-state index contributed by atoms with van der Waals surface area (Å²) in [5, 5.41) is 18.7. The maximum Gasteiger partial charge on any atom is 0.312 e. The zero-order valence-corrected chi connectivity index (χ0v) is 5.45. The van der Waals surface area contributed by atoms with Gasteiger partial charge in [0, 0.05) is 6.54 Å². The fraction of sp³-hybridized carbons (Fsp3) is 0.750. The Morgan fingerprint density at radius 3 is 2.60 bits per heavy atom. The lowest BCUT2D eigenvalue weighted by Crippen LogP contribution is -2.31. The van der Waals surface area contributed by atoms with Crippen molar-refractivity contribution in [2.24, 2.45) is 5.73 Å². The summed E-state index contributed by atoms with van der Waals surface area (Å²) in [5.41, 5.74) is 4.72. The van der Waals surface area contributed by atoms with Gasteiger partial charge in [0.05, 0.1) is 6.54 Å². The number of hydrogen-bond donors (Lipinski definition) is 4. The molecule has 0 aromatic carbocycles. The molecule has 0 fully saturated rings. The molecule has 5 N–H and O–H groups in total. The van der Waals surface area contributed by atoms with Crippen LogP contribution >= 0.6 is 0 Å². The van der Waals surface area contributed by atoms with Gasteiger partial charge in [-0.1, -0.05) is 5.23 Å². The number of nitrogens with two attached hydrogens (primary N) is 1. The molecule has 0 unspecified atom stereocenters. The minimum absolute atomic E-state index is 0.0582. The molecule has 0 saturated carbocycles. The van der Waals surface area contributed by atoms with E-state index in [-0.39, 0.29) is 11.8 Å². The van der Waals surface area contributed by atoms with Crippen molar-refractivity contribution in [1.29, 1.82) is 0 Å². The summed E-state index contributed by atoms with van der Waals surface area (Å²) in [4.78, 5) is 10.0. The van der Waals surface area contributed by atoms with Crippen molar-refractivity contribution >= 4 is 6.03 Å². The molecule has 60 valence electrons. The summed E-state index contributed by atoms with van der Waals surface area (Å²) in [6.07, 6.45) is 0.440. The zero-order chi connectivity index (χ0) is 7.98. The van der Waals surface area contributed by atoms with Crippen LogP contribution in [0.25, 0.3) is 0 Å². The smallest absolute Gasteiger partial charge is 0.312 e. The highest BCUT2D eigenvalue weighted by molar-refractivity contribution is 5.71. The highest BCUT2D eigenvalue weighted by Crippen LogP contribution is 1.78. The molecule has 0 aliphatic carbocycles. The molecule has 2 amide bonds. The second-order valence-electron chi connectivity index (χ2n) is 1.74. The van der Waals surface area contributed by atoms with Crippen molar-refractivity contribution in [3.05, 3.63) is 0 Å².